The predicted octanol–water partition coefficient (Wildman–Crippen LogP) is 3.00. The Balaban J connectivity index is 2.42. The van der Waals surface area contributed by atoms with Crippen molar-refractivity contribution in [2.75, 3.05) is 44.1 Å². The van der Waals surface area contributed by atoms with Gasteiger partial charge in [-0.05, 0) is 39.1 Å². The molecular formula is C20H29ClN4O4S. The highest BCUT2D eigenvalue weighted by atomic mass is 35.5. The van der Waals surface area contributed by atoms with Crippen LogP contribution in [0.3, 0.4) is 0 Å². The van der Waals surface area contributed by atoms with E-state index in [1.807, 2.05) is 32.8 Å². The summed E-state index contributed by atoms with van der Waals surface area (Å²) in [4.78, 5) is 26.0. The molecule has 0 amide bonds. The summed E-state index contributed by atoms with van der Waals surface area (Å²) in [5.74, 6) is -0.356. The maximum absolute atomic E-state index is 13.1. The first kappa shape index (κ1) is 24.2. The lowest BCUT2D eigenvalue weighted by atomic mass is 10.1. The first-order valence-corrected chi connectivity index (χ1v) is 12.0. The normalized spacial score (nSPS) is 13.6. The Morgan fingerprint density at radius 3 is 2.33 bits per heavy atom. The summed E-state index contributed by atoms with van der Waals surface area (Å²) < 4.78 is 17.3. The van der Waals surface area contributed by atoms with Gasteiger partial charge in [0.15, 0.2) is 5.75 Å². The van der Waals surface area contributed by atoms with Crippen LogP contribution in [-0.4, -0.2) is 53.7 Å². The van der Waals surface area contributed by atoms with E-state index in [1.165, 1.54) is 18.4 Å². The Morgan fingerprint density at radius 1 is 1.17 bits per heavy atom. The summed E-state index contributed by atoms with van der Waals surface area (Å²) in [5.41, 5.74) is -0.880. The van der Waals surface area contributed by atoms with Gasteiger partial charge in [-0.15, -0.1) is 0 Å². The summed E-state index contributed by atoms with van der Waals surface area (Å²) >= 11 is 6.22. The van der Waals surface area contributed by atoms with Gasteiger partial charge >= 0.3 is 0 Å². The molecule has 10 heteroatoms. The Morgan fingerprint density at radius 2 is 1.77 bits per heavy atom. The molecule has 0 aliphatic rings. The molecule has 1 atom stereocenters. The topological polar surface area (TPSA) is 111 Å². The van der Waals surface area contributed by atoms with Crippen LogP contribution >= 0.6 is 11.6 Å². The number of nitrogens with one attached hydrogen (secondary N) is 2. The smallest absolute Gasteiger partial charge is 0.253 e. The molecule has 0 fully saturated rings. The zero-order chi connectivity index (χ0) is 22.6. The van der Waals surface area contributed by atoms with Gasteiger partial charge in [0.05, 0.1) is 27.0 Å². The molecule has 0 saturated carbocycles. The number of phenolic OH excluding ortho intramolecular Hbond substituents is 1. The van der Waals surface area contributed by atoms with Gasteiger partial charge in [-0.2, -0.15) is 0 Å². The minimum Gasteiger partial charge on any atom is -0.504 e. The molecule has 0 spiro atoms. The number of halogens is 1. The van der Waals surface area contributed by atoms with Crippen molar-refractivity contribution in [3.8, 4) is 5.75 Å². The number of aromatic hydroxyl groups is 1. The lowest BCUT2D eigenvalue weighted by Gasteiger charge is -2.21. The van der Waals surface area contributed by atoms with Crippen LogP contribution < -0.4 is 21.5 Å². The fourth-order valence-corrected chi connectivity index (χ4v) is 5.01. The van der Waals surface area contributed by atoms with Crippen molar-refractivity contribution in [1.29, 1.82) is 0 Å². The second kappa shape index (κ2) is 9.80. The quantitative estimate of drug-likeness (QED) is 0.372. The summed E-state index contributed by atoms with van der Waals surface area (Å²) in [7, 11) is 0.764. The van der Waals surface area contributed by atoms with E-state index in [0.29, 0.717) is 13.1 Å². The third-order valence-corrected chi connectivity index (χ3v) is 7.12. The number of benzene rings is 1. The first-order chi connectivity index (χ1) is 14.0. The van der Waals surface area contributed by atoms with Crippen molar-refractivity contribution >= 4 is 38.4 Å². The number of hydrogen-bond donors (Lipinski definition) is 3. The molecule has 30 heavy (non-hydrogen) atoms. The molecule has 0 bridgehead atoms. The molecule has 0 heterocycles. The van der Waals surface area contributed by atoms with Crippen LogP contribution in [0.5, 0.6) is 5.75 Å². The zero-order valence-electron chi connectivity index (χ0n) is 17.9. The Labute approximate surface area is 182 Å². The molecule has 0 radical (unpaired) electrons. The summed E-state index contributed by atoms with van der Waals surface area (Å²) in [6.07, 6.45) is 2.99. The van der Waals surface area contributed by atoms with Gasteiger partial charge in [0, 0.05) is 18.8 Å². The second-order valence-electron chi connectivity index (χ2n) is 7.42. The Bertz CT molecular complexity index is 1100. The molecule has 2 rings (SSSR count). The third kappa shape index (κ3) is 5.14. The van der Waals surface area contributed by atoms with Crippen LogP contribution in [0.15, 0.2) is 31.0 Å². The average molecular weight is 457 g/mol. The second-order valence-corrected chi connectivity index (χ2v) is 10.1. The lowest BCUT2D eigenvalue weighted by Crippen LogP contribution is -2.38. The fraction of sp³-hybridized carbons (Fsp3) is 0.500. The van der Waals surface area contributed by atoms with Crippen molar-refractivity contribution in [2.24, 2.45) is 4.36 Å². The van der Waals surface area contributed by atoms with Crippen LogP contribution in [0.25, 0.3) is 0 Å². The average Bonchev–Trinajstić information content (AvgIpc) is 2.68. The molecule has 0 aromatic heterocycles. The van der Waals surface area contributed by atoms with E-state index in [2.05, 4.69) is 15.0 Å². The van der Waals surface area contributed by atoms with Crippen molar-refractivity contribution in [3.63, 3.8) is 0 Å². The highest BCUT2D eigenvalue weighted by Crippen LogP contribution is 2.39. The maximum Gasteiger partial charge on any atom is 0.253 e. The van der Waals surface area contributed by atoms with Crippen LogP contribution in [0, 0.1) is 0 Å². The van der Waals surface area contributed by atoms with E-state index in [4.69, 9.17) is 11.6 Å². The third-order valence-electron chi connectivity index (χ3n) is 4.85. The molecular weight excluding hydrogens is 428 g/mol. The van der Waals surface area contributed by atoms with Crippen molar-refractivity contribution in [2.45, 2.75) is 37.6 Å². The number of nitrogens with zero attached hydrogens (tertiary/aromatic N) is 2. The molecule has 166 valence electrons. The van der Waals surface area contributed by atoms with Gasteiger partial charge in [0.2, 0.25) is 0 Å². The number of phenols is 1. The van der Waals surface area contributed by atoms with Gasteiger partial charge in [0.25, 0.3) is 10.9 Å². The summed E-state index contributed by atoms with van der Waals surface area (Å²) in [5, 5.41) is 16.8. The molecule has 2 aromatic rings. The van der Waals surface area contributed by atoms with Gasteiger partial charge < -0.3 is 20.6 Å². The van der Waals surface area contributed by atoms with Crippen LogP contribution in [0.1, 0.15) is 26.7 Å². The van der Waals surface area contributed by atoms with E-state index in [1.54, 1.807) is 0 Å². The molecule has 2 aromatic carbocycles. The van der Waals surface area contributed by atoms with Crippen LogP contribution in [0.4, 0.5) is 17.1 Å². The Kier molecular flexibility index (Phi) is 7.90. The van der Waals surface area contributed by atoms with E-state index in [-0.39, 0.29) is 38.8 Å². The molecule has 0 aliphatic heterocycles. The zero-order valence-corrected chi connectivity index (χ0v) is 19.5. The molecule has 0 saturated heterocycles. The van der Waals surface area contributed by atoms with Gasteiger partial charge in [-0.25, -0.2) is 8.57 Å². The highest BCUT2D eigenvalue weighted by Gasteiger charge is 2.25. The largest absolute Gasteiger partial charge is 0.504 e. The van der Waals surface area contributed by atoms with E-state index < -0.39 is 20.6 Å². The predicted molar refractivity (Wildman–Crippen MR) is 124 cm³/mol. The minimum atomic E-state index is -2.99. The van der Waals surface area contributed by atoms with Gasteiger partial charge in [-0.1, -0.05) is 25.4 Å². The molecule has 0 aliphatic carbocycles. The monoisotopic (exact) mass is 456 g/mol. The van der Waals surface area contributed by atoms with Crippen LogP contribution in [0.2, 0.25) is 5.02 Å². The minimum absolute atomic E-state index is 0.00104. The number of anilines is 3. The fourth-order valence-electron chi connectivity index (χ4n) is 2.97. The van der Waals surface area contributed by atoms with Crippen molar-refractivity contribution in [3.05, 3.63) is 37.6 Å². The van der Waals surface area contributed by atoms with Crippen LogP contribution in [-0.2, 0) is 9.73 Å². The lowest BCUT2D eigenvalue weighted by molar-refractivity contribution is 0.421. The number of rotatable bonds is 10. The SMILES string of the molecule is CCC(CC)Nc1c(Nc2ccc(Cl)c(S(C)(=O)=NCCN(C)C)c2O)c(=O)c1=O. The number of hydrogen-bond acceptors (Lipinski definition) is 8. The molecule has 1 unspecified atom stereocenters. The van der Waals surface area contributed by atoms with E-state index >= 15 is 0 Å². The first-order valence-electron chi connectivity index (χ1n) is 9.74. The highest BCUT2D eigenvalue weighted by molar-refractivity contribution is 7.93. The van der Waals surface area contributed by atoms with Gasteiger partial charge in [0.1, 0.15) is 16.3 Å². The molecule has 3 N–H and O–H groups in total. The van der Waals surface area contributed by atoms with Gasteiger partial charge in [-0.3, -0.25) is 9.59 Å². The number of likely N-dealkylation sites (N-methyl/N-ethyl adjacent to an activating group) is 1. The van der Waals surface area contributed by atoms with E-state index in [9.17, 15) is 18.9 Å². The van der Waals surface area contributed by atoms with Crippen molar-refractivity contribution in [1.82, 2.24) is 4.90 Å². The maximum atomic E-state index is 13.1. The van der Waals surface area contributed by atoms with Crippen molar-refractivity contribution < 1.29 is 9.32 Å². The Hall–Kier alpha value is -2.10. The summed E-state index contributed by atoms with van der Waals surface area (Å²) in [6, 6.07) is 2.99. The molecule has 8 nitrogen and oxygen atoms in total. The standard InChI is InChI=1S/C20H29ClN4O4S/c1-6-12(7-2)23-15-16(19(28)18(15)27)24-14-9-8-13(21)20(17(14)26)30(5,29)22-10-11-25(3)4/h8-9,12,23-24,26H,6-7,10-11H2,1-5H3. The summed E-state index contributed by atoms with van der Waals surface area (Å²) in [6.45, 7) is 4.86. The van der Waals surface area contributed by atoms with E-state index in [0.717, 1.165) is 12.8 Å².